The number of nitrogens with one attached hydrogen (secondary N) is 1. The van der Waals surface area contributed by atoms with Crippen molar-refractivity contribution in [1.29, 1.82) is 0 Å². The van der Waals surface area contributed by atoms with Crippen LogP contribution in [0, 0.1) is 0 Å². The average molecular weight is 820 g/mol. The molecule has 6 aromatic carbocycles. The minimum Gasteiger partial charge on any atom is -0.507 e. The first kappa shape index (κ1) is 40.9. The van der Waals surface area contributed by atoms with E-state index in [1.54, 1.807) is 48.5 Å². The number of benzene rings is 6. The molecule has 0 bridgehead atoms. The van der Waals surface area contributed by atoms with Crippen molar-refractivity contribution in [2.45, 2.75) is 0 Å². The molecule has 6 aromatic rings. The Balaban J connectivity index is 1.02. The van der Waals surface area contributed by atoms with Crippen molar-refractivity contribution in [3.05, 3.63) is 143 Å². The van der Waals surface area contributed by atoms with Gasteiger partial charge in [0.25, 0.3) is 5.91 Å². The number of ether oxygens (including phenoxy) is 7. The topological polar surface area (TPSA) is 185 Å². The van der Waals surface area contributed by atoms with E-state index < -0.39 is 23.8 Å². The standard InChI is InChI=1S/C44H34ClNO13/c1-53-37-20-31(34(47)22-39(37)55-3)43(51)58-30-16-9-26(10-17-30)42(50)57-29-14-7-25(8-15-29)24-5-12-28(13-6-24)46-41(49)27-11-18-36(33(45)19-27)59-44(52)32-21-38(54-2)40(56-4)23-35(32)48/h5-23,47-48H,1-4H3,(H,46,49). The molecule has 59 heavy (non-hydrogen) atoms. The third-order valence-corrected chi connectivity index (χ3v) is 8.98. The SMILES string of the molecule is COc1cc(O)c(C(=O)Oc2ccc(C(=O)Oc3ccc(-c4ccc(NC(=O)c5ccc(OC(=O)c6cc(OC)c(OC)cc6O)c(Cl)c5)cc4)cc3)cc2)cc1OC. The highest BCUT2D eigenvalue weighted by Crippen LogP contribution is 2.37. The Hall–Kier alpha value is -7.71. The zero-order valence-electron chi connectivity index (χ0n) is 31.7. The van der Waals surface area contributed by atoms with Crippen molar-refractivity contribution in [2.24, 2.45) is 0 Å². The molecule has 0 aliphatic carbocycles. The zero-order valence-corrected chi connectivity index (χ0v) is 32.5. The fourth-order valence-corrected chi connectivity index (χ4v) is 5.81. The normalized spacial score (nSPS) is 10.5. The lowest BCUT2D eigenvalue weighted by molar-refractivity contribution is 0.0719. The lowest BCUT2D eigenvalue weighted by Crippen LogP contribution is -2.13. The molecule has 0 radical (unpaired) electrons. The zero-order chi connectivity index (χ0) is 42.2. The van der Waals surface area contributed by atoms with Crippen LogP contribution in [0.2, 0.25) is 5.02 Å². The van der Waals surface area contributed by atoms with Gasteiger partial charge < -0.3 is 48.7 Å². The van der Waals surface area contributed by atoms with Gasteiger partial charge in [-0.25, -0.2) is 14.4 Å². The van der Waals surface area contributed by atoms with E-state index in [1.807, 2.05) is 0 Å². The average Bonchev–Trinajstić information content (AvgIpc) is 3.24. The molecule has 0 aliphatic heterocycles. The Labute approximate surface area is 342 Å². The summed E-state index contributed by atoms with van der Waals surface area (Å²) in [6.45, 7) is 0. The van der Waals surface area contributed by atoms with Gasteiger partial charge in [0, 0.05) is 35.5 Å². The number of aromatic hydroxyl groups is 2. The predicted octanol–water partition coefficient (Wildman–Crippen LogP) is 8.36. The first-order chi connectivity index (χ1) is 28.4. The van der Waals surface area contributed by atoms with Crippen molar-refractivity contribution in [2.75, 3.05) is 33.8 Å². The number of phenolic OH excluding ortho intramolecular Hbond substituents is 2. The van der Waals surface area contributed by atoms with Gasteiger partial charge in [-0.2, -0.15) is 0 Å². The van der Waals surface area contributed by atoms with Gasteiger partial charge in [0.15, 0.2) is 23.0 Å². The lowest BCUT2D eigenvalue weighted by atomic mass is 10.1. The molecule has 6 rings (SSSR count). The van der Waals surface area contributed by atoms with E-state index in [0.717, 1.165) is 11.1 Å². The maximum Gasteiger partial charge on any atom is 0.347 e. The molecule has 0 aliphatic rings. The van der Waals surface area contributed by atoms with Gasteiger partial charge in [-0.15, -0.1) is 0 Å². The highest BCUT2D eigenvalue weighted by molar-refractivity contribution is 6.32. The number of hydrogen-bond donors (Lipinski definition) is 3. The smallest absolute Gasteiger partial charge is 0.347 e. The number of phenols is 2. The molecule has 0 fully saturated rings. The summed E-state index contributed by atoms with van der Waals surface area (Å²) >= 11 is 6.35. The van der Waals surface area contributed by atoms with Crippen LogP contribution in [0.5, 0.6) is 51.7 Å². The highest BCUT2D eigenvalue weighted by atomic mass is 35.5. The molecule has 0 heterocycles. The summed E-state index contributed by atoms with van der Waals surface area (Å²) < 4.78 is 36.8. The maximum atomic E-state index is 13.0. The molecule has 14 nitrogen and oxygen atoms in total. The van der Waals surface area contributed by atoms with Gasteiger partial charge in [-0.3, -0.25) is 4.79 Å². The Morgan fingerprint density at radius 2 is 0.898 bits per heavy atom. The predicted molar refractivity (Wildman–Crippen MR) is 215 cm³/mol. The van der Waals surface area contributed by atoms with Crippen LogP contribution in [0.25, 0.3) is 11.1 Å². The summed E-state index contributed by atoms with van der Waals surface area (Å²) in [5.41, 5.74) is 2.22. The second-order valence-electron chi connectivity index (χ2n) is 12.3. The summed E-state index contributed by atoms with van der Waals surface area (Å²) in [6, 6.07) is 28.7. The minimum absolute atomic E-state index is 0.0122. The van der Waals surface area contributed by atoms with Crippen LogP contribution in [0.4, 0.5) is 5.69 Å². The number of methoxy groups -OCH3 is 4. The first-order valence-corrected chi connectivity index (χ1v) is 17.8. The number of amides is 1. The molecule has 0 saturated heterocycles. The quantitative estimate of drug-likeness (QED) is 0.0746. The fraction of sp³-hybridized carbons (Fsp3) is 0.0909. The van der Waals surface area contributed by atoms with Crippen LogP contribution < -0.4 is 38.5 Å². The molecule has 3 N–H and O–H groups in total. The Bertz CT molecular complexity index is 2540. The van der Waals surface area contributed by atoms with Crippen molar-refractivity contribution >= 4 is 41.1 Å². The van der Waals surface area contributed by atoms with Crippen LogP contribution in [0.1, 0.15) is 41.4 Å². The van der Waals surface area contributed by atoms with Crippen molar-refractivity contribution in [3.63, 3.8) is 0 Å². The van der Waals surface area contributed by atoms with E-state index in [9.17, 15) is 29.4 Å². The molecule has 0 saturated carbocycles. The van der Waals surface area contributed by atoms with Gasteiger partial charge >= 0.3 is 17.9 Å². The van der Waals surface area contributed by atoms with E-state index in [2.05, 4.69) is 5.32 Å². The maximum absolute atomic E-state index is 13.0. The van der Waals surface area contributed by atoms with E-state index in [1.165, 1.54) is 95.2 Å². The molecule has 0 spiro atoms. The molecule has 1 amide bonds. The monoisotopic (exact) mass is 819 g/mol. The number of halogens is 1. The largest absolute Gasteiger partial charge is 0.507 e. The molecule has 15 heteroatoms. The van der Waals surface area contributed by atoms with Gasteiger partial charge in [0.1, 0.15) is 39.9 Å². The minimum atomic E-state index is -0.903. The van der Waals surface area contributed by atoms with E-state index in [-0.39, 0.29) is 73.3 Å². The summed E-state index contributed by atoms with van der Waals surface area (Å²) in [5, 5.41) is 23.3. The van der Waals surface area contributed by atoms with Crippen LogP contribution >= 0.6 is 11.6 Å². The number of anilines is 1. The van der Waals surface area contributed by atoms with Crippen LogP contribution in [0.15, 0.2) is 115 Å². The third kappa shape index (κ3) is 9.47. The summed E-state index contributed by atoms with van der Waals surface area (Å²) in [6.07, 6.45) is 0. The summed E-state index contributed by atoms with van der Waals surface area (Å²) in [4.78, 5) is 51.4. The van der Waals surface area contributed by atoms with Crippen molar-refractivity contribution in [1.82, 2.24) is 0 Å². The number of esters is 3. The molecule has 300 valence electrons. The summed E-state index contributed by atoms with van der Waals surface area (Å²) in [7, 11) is 5.56. The Morgan fingerprint density at radius 3 is 1.39 bits per heavy atom. The Morgan fingerprint density at radius 1 is 0.475 bits per heavy atom. The number of carbonyl (C=O) groups excluding carboxylic acids is 4. The number of hydrogen-bond acceptors (Lipinski definition) is 13. The number of rotatable bonds is 13. The van der Waals surface area contributed by atoms with Gasteiger partial charge in [0.05, 0.1) is 39.0 Å². The van der Waals surface area contributed by atoms with Crippen LogP contribution in [0.3, 0.4) is 0 Å². The second-order valence-corrected chi connectivity index (χ2v) is 12.7. The molecule has 0 aromatic heterocycles. The fourth-order valence-electron chi connectivity index (χ4n) is 5.59. The van der Waals surface area contributed by atoms with Gasteiger partial charge in [-0.05, 0) is 77.9 Å². The molecule has 0 atom stereocenters. The number of carbonyl (C=O) groups is 4. The molecular formula is C44H34ClNO13. The Kier molecular flexibility index (Phi) is 12.5. The van der Waals surface area contributed by atoms with Crippen LogP contribution in [-0.2, 0) is 0 Å². The van der Waals surface area contributed by atoms with E-state index in [4.69, 9.17) is 44.8 Å². The second kappa shape index (κ2) is 18.0. The molecular weight excluding hydrogens is 786 g/mol. The highest BCUT2D eigenvalue weighted by Gasteiger charge is 2.21. The van der Waals surface area contributed by atoms with Crippen molar-refractivity contribution in [3.8, 4) is 62.9 Å². The van der Waals surface area contributed by atoms with Gasteiger partial charge in [-0.1, -0.05) is 35.9 Å². The van der Waals surface area contributed by atoms with Crippen molar-refractivity contribution < 1.29 is 62.5 Å². The summed E-state index contributed by atoms with van der Waals surface area (Å²) in [5.74, 6) is -2.28. The third-order valence-electron chi connectivity index (χ3n) is 8.68. The van der Waals surface area contributed by atoms with Crippen LogP contribution in [-0.4, -0.2) is 62.5 Å². The van der Waals surface area contributed by atoms with Gasteiger partial charge in [0.2, 0.25) is 0 Å². The van der Waals surface area contributed by atoms with E-state index >= 15 is 0 Å². The lowest BCUT2D eigenvalue weighted by Gasteiger charge is -2.12. The molecule has 0 unspecified atom stereocenters. The first-order valence-electron chi connectivity index (χ1n) is 17.4. The van der Waals surface area contributed by atoms with E-state index in [0.29, 0.717) is 11.4 Å².